The quantitative estimate of drug-likeness (QED) is 0.526. The fraction of sp³-hybridized carbons (Fsp3) is 0.400. The summed E-state index contributed by atoms with van der Waals surface area (Å²) in [6.07, 6.45) is 10.3. The third-order valence-corrected chi connectivity index (χ3v) is 6.64. The highest BCUT2D eigenvalue weighted by molar-refractivity contribution is 7.89. The Labute approximate surface area is 164 Å². The Morgan fingerprint density at radius 2 is 2.18 bits per heavy atom. The van der Waals surface area contributed by atoms with Crippen molar-refractivity contribution in [3.05, 3.63) is 42.6 Å². The molecule has 1 fully saturated rings. The van der Waals surface area contributed by atoms with Crippen molar-refractivity contribution in [2.75, 3.05) is 10.7 Å². The summed E-state index contributed by atoms with van der Waals surface area (Å²) in [5.41, 5.74) is 2.98. The van der Waals surface area contributed by atoms with E-state index in [1.165, 1.54) is 6.08 Å². The van der Waals surface area contributed by atoms with E-state index in [2.05, 4.69) is 27.3 Å². The first kappa shape index (κ1) is 18.9. The van der Waals surface area contributed by atoms with Crippen LogP contribution in [0.1, 0.15) is 37.7 Å². The van der Waals surface area contributed by atoms with E-state index < -0.39 is 10.0 Å². The number of pyridine rings is 1. The number of carbonyl (C=O) groups excluding carboxylic acids is 1. The normalized spacial score (nSPS) is 20.0. The molecular formula is C20H24N4O3S. The average Bonchev–Trinajstić information content (AvgIpc) is 3.38. The molecule has 1 saturated carbocycles. The van der Waals surface area contributed by atoms with Crippen molar-refractivity contribution in [1.82, 2.24) is 14.7 Å². The van der Waals surface area contributed by atoms with Crippen LogP contribution in [0.5, 0.6) is 0 Å². The van der Waals surface area contributed by atoms with Crippen LogP contribution in [-0.4, -0.2) is 42.6 Å². The highest BCUT2D eigenvalue weighted by Gasteiger charge is 2.31. The van der Waals surface area contributed by atoms with E-state index in [0.717, 1.165) is 54.3 Å². The first-order chi connectivity index (χ1) is 13.5. The Morgan fingerprint density at radius 3 is 2.82 bits per heavy atom. The van der Waals surface area contributed by atoms with Gasteiger partial charge in [-0.2, -0.15) is 0 Å². The second-order valence-corrected chi connectivity index (χ2v) is 9.20. The molecule has 7 nitrogen and oxygen atoms in total. The van der Waals surface area contributed by atoms with Crippen LogP contribution in [-0.2, 0) is 14.8 Å². The Balaban J connectivity index is 1.61. The van der Waals surface area contributed by atoms with Gasteiger partial charge >= 0.3 is 0 Å². The maximum Gasteiger partial charge on any atom is 0.215 e. The molecule has 148 valence electrons. The van der Waals surface area contributed by atoms with Gasteiger partial charge in [-0.3, -0.25) is 9.69 Å². The molecule has 4 rings (SSSR count). The summed E-state index contributed by atoms with van der Waals surface area (Å²) in [6.45, 7) is 3.49. The molecule has 1 amide bonds. The van der Waals surface area contributed by atoms with Crippen LogP contribution >= 0.6 is 0 Å². The third kappa shape index (κ3) is 3.88. The number of aromatic amines is 1. The Kier molecular flexibility index (Phi) is 5.07. The van der Waals surface area contributed by atoms with E-state index in [1.807, 2.05) is 18.3 Å². The average molecular weight is 401 g/mol. The molecule has 0 bridgehead atoms. The lowest BCUT2D eigenvalue weighted by Gasteiger charge is -2.24. The number of sulfonamides is 1. The number of fused-ring (bicyclic) bond motifs is 1. The highest BCUT2D eigenvalue weighted by atomic mass is 32.2. The van der Waals surface area contributed by atoms with Crippen molar-refractivity contribution >= 4 is 38.9 Å². The number of carbonyl (C=O) groups is 1. The molecule has 0 radical (unpaired) electrons. The minimum Gasteiger partial charge on any atom is -0.346 e. The van der Waals surface area contributed by atoms with E-state index in [4.69, 9.17) is 0 Å². The number of H-pyrrole nitrogens is 1. The summed E-state index contributed by atoms with van der Waals surface area (Å²) in [7, 11) is -3.32. The molecule has 0 aliphatic heterocycles. The zero-order valence-corrected chi connectivity index (χ0v) is 16.4. The molecular weight excluding hydrogens is 376 g/mol. The maximum atomic E-state index is 12.0. The summed E-state index contributed by atoms with van der Waals surface area (Å²) >= 11 is 0. The summed E-state index contributed by atoms with van der Waals surface area (Å²) in [4.78, 5) is 21.0. The van der Waals surface area contributed by atoms with Crippen molar-refractivity contribution in [3.8, 4) is 0 Å². The van der Waals surface area contributed by atoms with Crippen LogP contribution < -0.4 is 9.62 Å². The Morgan fingerprint density at radius 1 is 1.36 bits per heavy atom. The lowest BCUT2D eigenvalue weighted by Crippen LogP contribution is -2.36. The lowest BCUT2D eigenvalue weighted by atomic mass is 9.90. The standard InChI is InChI=1S/C20H24N4O3S/c1-2-11-28(26,27)23-15-5-3-14(4-6-15)18-12-19(24(13-25)16-7-8-16)22-20-17(18)9-10-21-20/h2-3,9-10,12-13,15-16,23H,1,4-8,11H2,(H,21,22). The van der Waals surface area contributed by atoms with Crippen molar-refractivity contribution in [3.63, 3.8) is 0 Å². The number of hydrogen-bond acceptors (Lipinski definition) is 4. The summed E-state index contributed by atoms with van der Waals surface area (Å²) in [6, 6.07) is 4.12. The zero-order chi connectivity index (χ0) is 19.7. The molecule has 2 aromatic heterocycles. The molecule has 0 spiro atoms. The van der Waals surface area contributed by atoms with Gasteiger partial charge in [0.1, 0.15) is 11.5 Å². The van der Waals surface area contributed by atoms with Crippen LogP contribution in [0.4, 0.5) is 5.82 Å². The van der Waals surface area contributed by atoms with Gasteiger partial charge in [0.2, 0.25) is 16.4 Å². The first-order valence-corrected chi connectivity index (χ1v) is 11.2. The number of anilines is 1. The van der Waals surface area contributed by atoms with Crippen LogP contribution in [0.15, 0.2) is 37.1 Å². The number of hydrogen-bond donors (Lipinski definition) is 2. The topological polar surface area (TPSA) is 95.2 Å². The molecule has 0 saturated heterocycles. The van der Waals surface area contributed by atoms with E-state index >= 15 is 0 Å². The third-order valence-electron chi connectivity index (χ3n) is 5.27. The molecule has 0 aromatic carbocycles. The van der Waals surface area contributed by atoms with Crippen LogP contribution in [0.25, 0.3) is 16.6 Å². The van der Waals surface area contributed by atoms with Crippen LogP contribution in [0.2, 0.25) is 0 Å². The lowest BCUT2D eigenvalue weighted by molar-refractivity contribution is -0.107. The van der Waals surface area contributed by atoms with Crippen molar-refractivity contribution in [1.29, 1.82) is 0 Å². The van der Waals surface area contributed by atoms with Gasteiger partial charge in [-0.1, -0.05) is 12.2 Å². The van der Waals surface area contributed by atoms with Gasteiger partial charge in [0.05, 0.1) is 5.75 Å². The van der Waals surface area contributed by atoms with Gasteiger partial charge in [-0.05, 0) is 55.4 Å². The van der Waals surface area contributed by atoms with Gasteiger partial charge in [0.25, 0.3) is 0 Å². The minimum atomic E-state index is -3.32. The smallest absolute Gasteiger partial charge is 0.215 e. The monoisotopic (exact) mass is 400 g/mol. The second kappa shape index (κ2) is 7.52. The Bertz CT molecular complexity index is 1040. The molecule has 1 atom stereocenters. The van der Waals surface area contributed by atoms with Crippen LogP contribution in [0, 0.1) is 0 Å². The molecule has 2 aromatic rings. The van der Waals surface area contributed by atoms with Gasteiger partial charge in [-0.25, -0.2) is 18.1 Å². The van der Waals surface area contributed by atoms with Gasteiger partial charge < -0.3 is 4.98 Å². The number of nitrogens with one attached hydrogen (secondary N) is 2. The molecule has 2 aliphatic rings. The number of rotatable bonds is 8. The van der Waals surface area contributed by atoms with Gasteiger partial charge in [0.15, 0.2) is 0 Å². The fourth-order valence-electron chi connectivity index (χ4n) is 3.74. The molecule has 2 heterocycles. The van der Waals surface area contributed by atoms with Crippen LogP contribution in [0.3, 0.4) is 0 Å². The number of amides is 1. The van der Waals surface area contributed by atoms with E-state index in [1.54, 1.807) is 4.90 Å². The van der Waals surface area contributed by atoms with Gasteiger partial charge in [0, 0.05) is 23.7 Å². The van der Waals surface area contributed by atoms with Crippen molar-refractivity contribution in [2.24, 2.45) is 0 Å². The predicted molar refractivity (Wildman–Crippen MR) is 110 cm³/mol. The summed E-state index contributed by atoms with van der Waals surface area (Å²) in [5.74, 6) is 0.595. The van der Waals surface area contributed by atoms with Gasteiger partial charge in [-0.15, -0.1) is 6.58 Å². The van der Waals surface area contributed by atoms with Crippen molar-refractivity contribution in [2.45, 2.75) is 44.2 Å². The molecule has 1 unspecified atom stereocenters. The highest BCUT2D eigenvalue weighted by Crippen LogP contribution is 2.36. The largest absolute Gasteiger partial charge is 0.346 e. The molecule has 2 N–H and O–H groups in total. The zero-order valence-electron chi connectivity index (χ0n) is 15.6. The SMILES string of the molecule is C=CCS(=O)(=O)NC1CC=C(c2cc(N(C=O)C3CC3)nc3[nH]ccc23)CC1. The Hall–Kier alpha value is -2.45. The van der Waals surface area contributed by atoms with E-state index in [-0.39, 0.29) is 17.8 Å². The predicted octanol–water partition coefficient (Wildman–Crippen LogP) is 2.73. The number of aromatic nitrogens is 2. The molecule has 28 heavy (non-hydrogen) atoms. The van der Waals surface area contributed by atoms with E-state index in [0.29, 0.717) is 12.2 Å². The first-order valence-electron chi connectivity index (χ1n) is 9.53. The fourth-order valence-corrected chi connectivity index (χ4v) is 4.87. The molecule has 2 aliphatic carbocycles. The second-order valence-electron chi connectivity index (χ2n) is 7.40. The molecule has 8 heteroatoms. The maximum absolute atomic E-state index is 12.0. The number of nitrogens with zero attached hydrogens (tertiary/aromatic N) is 2. The summed E-state index contributed by atoms with van der Waals surface area (Å²) < 4.78 is 26.7. The number of allylic oxidation sites excluding steroid dienone is 1. The minimum absolute atomic E-state index is 0.0690. The van der Waals surface area contributed by atoms with E-state index in [9.17, 15) is 13.2 Å². The summed E-state index contributed by atoms with van der Waals surface area (Å²) in [5, 5.41) is 1.02. The van der Waals surface area contributed by atoms with Crippen molar-refractivity contribution < 1.29 is 13.2 Å².